The molecule has 5 nitrogen and oxygen atoms in total. The number of nitrogens with zero attached hydrogens (tertiary/aromatic N) is 1. The van der Waals surface area contributed by atoms with Gasteiger partial charge in [-0.3, -0.25) is 9.10 Å². The zero-order valence-corrected chi connectivity index (χ0v) is 18.0. The minimum Gasteiger partial charge on any atom is -0.324 e. The highest BCUT2D eigenvalue weighted by atomic mass is 35.5. The third-order valence-corrected chi connectivity index (χ3v) is 6.46. The fraction of sp³-hybridized carbons (Fsp3) is 0.0952. The number of amides is 1. The summed E-state index contributed by atoms with van der Waals surface area (Å²) < 4.78 is 93.1. The number of benzene rings is 3. The summed E-state index contributed by atoms with van der Waals surface area (Å²) in [4.78, 5) is 12.3. The Morgan fingerprint density at radius 1 is 0.939 bits per heavy atom. The molecule has 33 heavy (non-hydrogen) atoms. The summed E-state index contributed by atoms with van der Waals surface area (Å²) >= 11 is 6.02. The molecule has 0 saturated heterocycles. The van der Waals surface area contributed by atoms with E-state index in [-0.39, 0.29) is 15.6 Å². The zero-order valence-electron chi connectivity index (χ0n) is 16.4. The fourth-order valence-electron chi connectivity index (χ4n) is 2.80. The maximum Gasteiger partial charge on any atom is 0.416 e. The number of hydrogen-bond acceptors (Lipinski definition) is 3. The molecule has 3 aromatic rings. The second-order valence-corrected chi connectivity index (χ2v) is 8.94. The van der Waals surface area contributed by atoms with Gasteiger partial charge in [0.05, 0.1) is 21.2 Å². The minimum atomic E-state index is -4.81. The summed E-state index contributed by atoms with van der Waals surface area (Å²) in [6.45, 7) is -1.00. The number of carbonyl (C=O) groups excluding carboxylic acids is 1. The smallest absolute Gasteiger partial charge is 0.324 e. The fourth-order valence-corrected chi connectivity index (χ4v) is 4.53. The number of rotatable bonds is 6. The van der Waals surface area contributed by atoms with Crippen LogP contribution in [0, 0.1) is 11.6 Å². The first-order chi connectivity index (χ1) is 15.4. The average Bonchev–Trinajstić information content (AvgIpc) is 2.75. The Kier molecular flexibility index (Phi) is 6.94. The standard InChI is InChI=1S/C21H14ClF5N2O3S/c22-16-8-6-13(21(25,26)27)10-19(16)29(33(31,32)15-4-2-1-3-5-15)12-20(30)28-14-7-9-17(23)18(24)11-14/h1-11H,12H2,(H,28,30). The van der Waals surface area contributed by atoms with Crippen LogP contribution in [0.5, 0.6) is 0 Å². The van der Waals surface area contributed by atoms with Crippen LogP contribution in [0.3, 0.4) is 0 Å². The van der Waals surface area contributed by atoms with Crippen molar-refractivity contribution in [1.29, 1.82) is 0 Å². The Morgan fingerprint density at radius 3 is 2.21 bits per heavy atom. The topological polar surface area (TPSA) is 66.5 Å². The van der Waals surface area contributed by atoms with Crippen molar-refractivity contribution < 1.29 is 35.2 Å². The zero-order chi connectivity index (χ0) is 24.4. The number of sulfonamides is 1. The van der Waals surface area contributed by atoms with Crippen LogP contribution < -0.4 is 9.62 Å². The summed E-state index contributed by atoms with van der Waals surface area (Å²) in [5, 5.41) is 1.82. The summed E-state index contributed by atoms with van der Waals surface area (Å²) in [6, 6.07) is 11.2. The molecule has 0 radical (unpaired) electrons. The molecule has 0 unspecified atom stereocenters. The maximum absolute atomic E-state index is 13.4. The molecule has 0 spiro atoms. The van der Waals surface area contributed by atoms with Crippen LogP contribution in [-0.2, 0) is 21.0 Å². The van der Waals surface area contributed by atoms with E-state index in [1.165, 1.54) is 30.3 Å². The molecule has 3 aromatic carbocycles. The van der Waals surface area contributed by atoms with Crippen molar-refractivity contribution in [2.45, 2.75) is 11.1 Å². The molecule has 0 aromatic heterocycles. The predicted molar refractivity (Wildman–Crippen MR) is 112 cm³/mol. The summed E-state index contributed by atoms with van der Waals surface area (Å²) in [5.41, 5.74) is -1.96. The lowest BCUT2D eigenvalue weighted by Crippen LogP contribution is -2.38. The Balaban J connectivity index is 2.05. The Morgan fingerprint density at radius 2 is 1.61 bits per heavy atom. The molecular formula is C21H14ClF5N2O3S. The van der Waals surface area contributed by atoms with Crippen LogP contribution in [0.4, 0.5) is 33.3 Å². The van der Waals surface area contributed by atoms with E-state index in [0.717, 1.165) is 18.2 Å². The third-order valence-electron chi connectivity index (χ3n) is 4.36. The van der Waals surface area contributed by atoms with Gasteiger partial charge in [-0.1, -0.05) is 29.8 Å². The number of anilines is 2. The average molecular weight is 505 g/mol. The summed E-state index contributed by atoms with van der Waals surface area (Å²) in [5.74, 6) is -3.46. The Labute approximate surface area is 190 Å². The van der Waals surface area contributed by atoms with E-state index in [2.05, 4.69) is 5.32 Å². The van der Waals surface area contributed by atoms with Crippen molar-refractivity contribution >= 4 is 38.9 Å². The van der Waals surface area contributed by atoms with Crippen molar-refractivity contribution in [2.75, 3.05) is 16.2 Å². The van der Waals surface area contributed by atoms with Crippen LogP contribution >= 0.6 is 11.6 Å². The molecule has 0 aliphatic rings. The SMILES string of the molecule is O=C(CN(c1cc(C(F)(F)F)ccc1Cl)S(=O)(=O)c1ccccc1)Nc1ccc(F)c(F)c1. The second-order valence-electron chi connectivity index (χ2n) is 6.67. The molecule has 12 heteroatoms. The highest BCUT2D eigenvalue weighted by molar-refractivity contribution is 7.92. The monoisotopic (exact) mass is 504 g/mol. The van der Waals surface area contributed by atoms with E-state index in [1.807, 2.05) is 0 Å². The molecule has 0 aliphatic heterocycles. The predicted octanol–water partition coefficient (Wildman–Crippen LogP) is 5.47. The quantitative estimate of drug-likeness (QED) is 0.453. The Hall–Kier alpha value is -3.18. The lowest BCUT2D eigenvalue weighted by molar-refractivity contribution is -0.137. The van der Waals surface area contributed by atoms with Gasteiger partial charge in [0.2, 0.25) is 5.91 Å². The largest absolute Gasteiger partial charge is 0.416 e. The van der Waals surface area contributed by atoms with E-state index < -0.39 is 51.5 Å². The number of hydrogen-bond donors (Lipinski definition) is 1. The van der Waals surface area contributed by atoms with Gasteiger partial charge in [-0.25, -0.2) is 17.2 Å². The molecule has 1 N–H and O–H groups in total. The van der Waals surface area contributed by atoms with Gasteiger partial charge in [0.1, 0.15) is 6.54 Å². The molecule has 1 amide bonds. The van der Waals surface area contributed by atoms with Crippen molar-refractivity contribution in [1.82, 2.24) is 0 Å². The highest BCUT2D eigenvalue weighted by Gasteiger charge is 2.34. The van der Waals surface area contributed by atoms with Crippen molar-refractivity contribution in [3.8, 4) is 0 Å². The molecule has 0 heterocycles. The van der Waals surface area contributed by atoms with E-state index >= 15 is 0 Å². The first-order valence-electron chi connectivity index (χ1n) is 9.09. The van der Waals surface area contributed by atoms with Gasteiger partial charge in [0.15, 0.2) is 11.6 Å². The van der Waals surface area contributed by atoms with Crippen LogP contribution in [-0.4, -0.2) is 20.9 Å². The molecule has 3 rings (SSSR count). The normalized spacial score (nSPS) is 11.8. The third kappa shape index (κ3) is 5.60. The molecule has 174 valence electrons. The van der Waals surface area contributed by atoms with E-state index in [4.69, 9.17) is 11.6 Å². The van der Waals surface area contributed by atoms with Crippen molar-refractivity contribution in [2.24, 2.45) is 0 Å². The van der Waals surface area contributed by atoms with E-state index in [9.17, 15) is 35.2 Å². The molecule has 0 atom stereocenters. The Bertz CT molecular complexity index is 1280. The number of nitrogens with one attached hydrogen (secondary N) is 1. The second kappa shape index (κ2) is 9.36. The molecule has 0 saturated carbocycles. The number of alkyl halides is 3. The van der Waals surface area contributed by atoms with Gasteiger partial charge in [-0.15, -0.1) is 0 Å². The summed E-state index contributed by atoms with van der Waals surface area (Å²) in [7, 11) is -4.55. The van der Waals surface area contributed by atoms with E-state index in [0.29, 0.717) is 22.5 Å². The van der Waals surface area contributed by atoms with Crippen molar-refractivity contribution in [3.05, 3.63) is 89.0 Å². The lowest BCUT2D eigenvalue weighted by Gasteiger charge is -2.26. The summed E-state index contributed by atoms with van der Waals surface area (Å²) in [6.07, 6.45) is -4.81. The molecule has 0 aliphatic carbocycles. The first kappa shape index (κ1) is 24.5. The number of carbonyl (C=O) groups is 1. The first-order valence-corrected chi connectivity index (χ1v) is 10.9. The van der Waals surface area contributed by atoms with Gasteiger partial charge in [0.25, 0.3) is 10.0 Å². The van der Waals surface area contributed by atoms with Gasteiger partial charge < -0.3 is 5.32 Å². The van der Waals surface area contributed by atoms with Gasteiger partial charge >= 0.3 is 6.18 Å². The highest BCUT2D eigenvalue weighted by Crippen LogP contribution is 2.37. The number of halogens is 6. The maximum atomic E-state index is 13.4. The van der Waals surface area contributed by atoms with Crippen LogP contribution in [0.1, 0.15) is 5.56 Å². The van der Waals surface area contributed by atoms with Crippen LogP contribution in [0.25, 0.3) is 0 Å². The molecule has 0 bridgehead atoms. The van der Waals surface area contributed by atoms with Crippen molar-refractivity contribution in [3.63, 3.8) is 0 Å². The van der Waals surface area contributed by atoms with Gasteiger partial charge in [-0.2, -0.15) is 13.2 Å². The molecular weight excluding hydrogens is 491 g/mol. The van der Waals surface area contributed by atoms with Gasteiger partial charge in [-0.05, 0) is 42.5 Å². The minimum absolute atomic E-state index is 0.189. The molecule has 0 fully saturated rings. The van der Waals surface area contributed by atoms with Crippen LogP contribution in [0.2, 0.25) is 5.02 Å². The van der Waals surface area contributed by atoms with Crippen LogP contribution in [0.15, 0.2) is 71.6 Å². The lowest BCUT2D eigenvalue weighted by atomic mass is 10.2. The van der Waals surface area contributed by atoms with Gasteiger partial charge in [0, 0.05) is 11.8 Å². The van der Waals surface area contributed by atoms with E-state index in [1.54, 1.807) is 0 Å².